The van der Waals surface area contributed by atoms with E-state index in [0.29, 0.717) is 6.54 Å². The number of carbonyl (C=O) groups is 1. The molecule has 1 heterocycles. The van der Waals surface area contributed by atoms with Crippen molar-refractivity contribution in [3.05, 3.63) is 18.2 Å². The molecule has 16 heavy (non-hydrogen) atoms. The van der Waals surface area contributed by atoms with Crippen LogP contribution in [0.4, 0.5) is 4.79 Å². The molecule has 0 bridgehead atoms. The fourth-order valence-electron chi connectivity index (χ4n) is 1.34. The summed E-state index contributed by atoms with van der Waals surface area (Å²) in [6, 6.07) is -0.0450. The molecular formula is C11H20N4O. The van der Waals surface area contributed by atoms with Crippen LogP contribution in [0.1, 0.15) is 25.6 Å². The van der Waals surface area contributed by atoms with E-state index >= 15 is 0 Å². The third-order valence-electron chi connectivity index (χ3n) is 2.45. The van der Waals surface area contributed by atoms with E-state index in [-0.39, 0.29) is 6.03 Å². The lowest BCUT2D eigenvalue weighted by atomic mass is 10.3. The second-order valence-electron chi connectivity index (χ2n) is 3.90. The second kappa shape index (κ2) is 6.15. The van der Waals surface area contributed by atoms with Gasteiger partial charge in [0.2, 0.25) is 0 Å². The van der Waals surface area contributed by atoms with Gasteiger partial charge < -0.3 is 14.8 Å². The van der Waals surface area contributed by atoms with E-state index in [2.05, 4.69) is 17.2 Å². The summed E-state index contributed by atoms with van der Waals surface area (Å²) >= 11 is 0. The van der Waals surface area contributed by atoms with Crippen molar-refractivity contribution < 1.29 is 4.79 Å². The first-order valence-electron chi connectivity index (χ1n) is 5.60. The van der Waals surface area contributed by atoms with Crippen molar-refractivity contribution in [3.8, 4) is 0 Å². The van der Waals surface area contributed by atoms with Gasteiger partial charge in [0.05, 0.1) is 6.54 Å². The van der Waals surface area contributed by atoms with Gasteiger partial charge in [-0.1, -0.05) is 13.3 Å². The molecule has 0 unspecified atom stereocenters. The molecule has 0 aliphatic carbocycles. The molecule has 0 radical (unpaired) electrons. The summed E-state index contributed by atoms with van der Waals surface area (Å²) in [5.41, 5.74) is 0. The number of amides is 2. The molecule has 2 amide bonds. The Morgan fingerprint density at radius 2 is 2.38 bits per heavy atom. The molecule has 0 saturated heterocycles. The van der Waals surface area contributed by atoms with E-state index in [1.54, 1.807) is 18.1 Å². The van der Waals surface area contributed by atoms with Gasteiger partial charge in [-0.2, -0.15) is 0 Å². The molecule has 1 rings (SSSR count). The standard InChI is InChI=1S/C11H20N4O/c1-4-5-6-13-11(16)15(3)9-10-12-7-8-14(10)2/h7-8H,4-6,9H2,1-3H3,(H,13,16). The normalized spacial score (nSPS) is 10.2. The number of hydrogen-bond acceptors (Lipinski definition) is 2. The van der Waals surface area contributed by atoms with E-state index in [1.807, 2.05) is 17.8 Å². The number of unbranched alkanes of at least 4 members (excludes halogenated alkanes) is 1. The van der Waals surface area contributed by atoms with Crippen LogP contribution in [0.15, 0.2) is 12.4 Å². The lowest BCUT2D eigenvalue weighted by Gasteiger charge is -2.17. The summed E-state index contributed by atoms with van der Waals surface area (Å²) in [6.45, 7) is 3.37. The van der Waals surface area contributed by atoms with E-state index in [1.165, 1.54) is 0 Å². The average Bonchev–Trinajstić information content (AvgIpc) is 2.64. The highest BCUT2D eigenvalue weighted by Crippen LogP contribution is 1.99. The van der Waals surface area contributed by atoms with Crippen LogP contribution in [0.5, 0.6) is 0 Å². The van der Waals surface area contributed by atoms with Gasteiger partial charge in [-0.3, -0.25) is 0 Å². The van der Waals surface area contributed by atoms with Crippen molar-refractivity contribution in [1.82, 2.24) is 19.8 Å². The molecule has 5 heteroatoms. The Hall–Kier alpha value is -1.52. The number of nitrogens with one attached hydrogen (secondary N) is 1. The van der Waals surface area contributed by atoms with Gasteiger partial charge >= 0.3 is 6.03 Å². The minimum Gasteiger partial charge on any atom is -0.338 e. The zero-order chi connectivity index (χ0) is 12.0. The Balaban J connectivity index is 2.37. The summed E-state index contributed by atoms with van der Waals surface area (Å²) in [5, 5.41) is 2.87. The van der Waals surface area contributed by atoms with E-state index < -0.39 is 0 Å². The zero-order valence-corrected chi connectivity index (χ0v) is 10.2. The van der Waals surface area contributed by atoms with Crippen molar-refractivity contribution >= 4 is 6.03 Å². The number of aromatic nitrogens is 2. The summed E-state index contributed by atoms with van der Waals surface area (Å²) < 4.78 is 1.91. The third kappa shape index (κ3) is 3.56. The predicted molar refractivity (Wildman–Crippen MR) is 63.0 cm³/mol. The van der Waals surface area contributed by atoms with Crippen LogP contribution in [-0.4, -0.2) is 34.1 Å². The number of hydrogen-bond donors (Lipinski definition) is 1. The summed E-state index contributed by atoms with van der Waals surface area (Å²) in [4.78, 5) is 17.4. The highest BCUT2D eigenvalue weighted by atomic mass is 16.2. The molecule has 0 aliphatic rings. The highest BCUT2D eigenvalue weighted by molar-refractivity contribution is 5.73. The van der Waals surface area contributed by atoms with Gasteiger partial charge in [-0.05, 0) is 6.42 Å². The molecule has 1 aromatic heterocycles. The largest absolute Gasteiger partial charge is 0.338 e. The number of rotatable bonds is 5. The van der Waals surface area contributed by atoms with Crippen LogP contribution in [0.2, 0.25) is 0 Å². The molecule has 0 aliphatic heterocycles. The smallest absolute Gasteiger partial charge is 0.317 e. The van der Waals surface area contributed by atoms with Crippen LogP contribution in [0, 0.1) is 0 Å². The van der Waals surface area contributed by atoms with Crippen molar-refractivity contribution in [1.29, 1.82) is 0 Å². The van der Waals surface area contributed by atoms with E-state index in [0.717, 1.165) is 25.2 Å². The van der Waals surface area contributed by atoms with Gasteiger partial charge in [0.25, 0.3) is 0 Å². The lowest BCUT2D eigenvalue weighted by molar-refractivity contribution is 0.205. The maximum atomic E-state index is 11.6. The van der Waals surface area contributed by atoms with Gasteiger partial charge in [0.1, 0.15) is 5.82 Å². The third-order valence-corrected chi connectivity index (χ3v) is 2.45. The molecular weight excluding hydrogens is 204 g/mol. The van der Waals surface area contributed by atoms with Crippen LogP contribution >= 0.6 is 0 Å². The fraction of sp³-hybridized carbons (Fsp3) is 0.636. The minimum atomic E-state index is -0.0450. The quantitative estimate of drug-likeness (QED) is 0.768. The minimum absolute atomic E-state index is 0.0450. The van der Waals surface area contributed by atoms with E-state index in [9.17, 15) is 4.79 Å². The fourth-order valence-corrected chi connectivity index (χ4v) is 1.34. The summed E-state index contributed by atoms with van der Waals surface area (Å²) in [7, 11) is 3.70. The van der Waals surface area contributed by atoms with E-state index in [4.69, 9.17) is 0 Å². The average molecular weight is 224 g/mol. The molecule has 0 aromatic carbocycles. The molecule has 0 spiro atoms. The molecule has 90 valence electrons. The first kappa shape index (κ1) is 12.5. The van der Waals surface area contributed by atoms with Gasteiger partial charge in [0, 0.05) is 33.0 Å². The number of carbonyl (C=O) groups excluding carboxylic acids is 1. The topological polar surface area (TPSA) is 50.2 Å². The van der Waals surface area contributed by atoms with Crippen LogP contribution < -0.4 is 5.32 Å². The Bertz CT molecular complexity index is 334. The second-order valence-corrected chi connectivity index (χ2v) is 3.90. The molecule has 0 atom stereocenters. The number of urea groups is 1. The Kier molecular flexibility index (Phi) is 4.82. The number of nitrogens with zero attached hydrogens (tertiary/aromatic N) is 3. The maximum absolute atomic E-state index is 11.6. The molecule has 0 fully saturated rings. The Labute approximate surface area is 96.5 Å². The van der Waals surface area contributed by atoms with Crippen molar-refractivity contribution in [2.45, 2.75) is 26.3 Å². The zero-order valence-electron chi connectivity index (χ0n) is 10.2. The summed E-state index contributed by atoms with van der Waals surface area (Å²) in [5.74, 6) is 0.883. The van der Waals surface area contributed by atoms with Crippen LogP contribution in [0.3, 0.4) is 0 Å². The lowest BCUT2D eigenvalue weighted by Crippen LogP contribution is -2.37. The molecule has 0 saturated carbocycles. The van der Waals surface area contributed by atoms with Gasteiger partial charge in [-0.15, -0.1) is 0 Å². The first-order chi connectivity index (χ1) is 7.65. The number of imidazole rings is 1. The molecule has 5 nitrogen and oxygen atoms in total. The molecule has 1 aromatic rings. The summed E-state index contributed by atoms with van der Waals surface area (Å²) in [6.07, 6.45) is 5.71. The maximum Gasteiger partial charge on any atom is 0.317 e. The predicted octanol–water partition coefficient (Wildman–Crippen LogP) is 1.36. The Morgan fingerprint density at radius 3 is 2.94 bits per heavy atom. The van der Waals surface area contributed by atoms with Gasteiger partial charge in [-0.25, -0.2) is 9.78 Å². The molecule has 1 N–H and O–H groups in total. The van der Waals surface area contributed by atoms with Crippen molar-refractivity contribution in [2.24, 2.45) is 7.05 Å². The van der Waals surface area contributed by atoms with Gasteiger partial charge in [0.15, 0.2) is 0 Å². The first-order valence-corrected chi connectivity index (χ1v) is 5.60. The number of aryl methyl sites for hydroxylation is 1. The van der Waals surface area contributed by atoms with Crippen molar-refractivity contribution in [2.75, 3.05) is 13.6 Å². The Morgan fingerprint density at radius 1 is 1.62 bits per heavy atom. The van der Waals surface area contributed by atoms with Crippen LogP contribution in [0.25, 0.3) is 0 Å². The monoisotopic (exact) mass is 224 g/mol. The van der Waals surface area contributed by atoms with Crippen LogP contribution in [-0.2, 0) is 13.6 Å². The SMILES string of the molecule is CCCCNC(=O)N(C)Cc1nccn1C. The van der Waals surface area contributed by atoms with Crippen molar-refractivity contribution in [3.63, 3.8) is 0 Å². The highest BCUT2D eigenvalue weighted by Gasteiger charge is 2.10.